The molecule has 1 amide bonds. The summed E-state index contributed by atoms with van der Waals surface area (Å²) >= 11 is 5.54. The Balaban J connectivity index is 3.04. The summed E-state index contributed by atoms with van der Waals surface area (Å²) in [6, 6.07) is 0. The molecule has 0 aromatic rings. The van der Waals surface area contributed by atoms with E-state index in [-0.39, 0.29) is 5.91 Å². The van der Waals surface area contributed by atoms with Crippen molar-refractivity contribution in [3.8, 4) is 0 Å². The summed E-state index contributed by atoms with van der Waals surface area (Å²) in [6.45, 7) is 2.88. The molecular formula is C22H44ClNO. The Bertz CT molecular complexity index is 271. The normalized spacial score (nSPS) is 11.0. The molecule has 0 bridgehead atoms. The van der Waals surface area contributed by atoms with Crippen molar-refractivity contribution < 1.29 is 4.79 Å². The third kappa shape index (κ3) is 21.7. The van der Waals surface area contributed by atoms with Crippen LogP contribution in [-0.4, -0.2) is 18.3 Å². The standard InChI is InChI=1S/C22H44ClNO/c1-2-3-4-5-6-7-8-9-10-11-12-13-14-15-16-17-18-19-22(25)24-21-20-23/h2-21H2,1H3,(H,24,25). The second-order valence-corrected chi connectivity index (χ2v) is 7.82. The summed E-state index contributed by atoms with van der Waals surface area (Å²) in [4.78, 5) is 11.4. The molecule has 0 aromatic carbocycles. The molecule has 3 heteroatoms. The van der Waals surface area contributed by atoms with Crippen LogP contribution in [-0.2, 0) is 4.79 Å². The minimum absolute atomic E-state index is 0.154. The Labute approximate surface area is 162 Å². The zero-order valence-electron chi connectivity index (χ0n) is 16.9. The fraction of sp³-hybridized carbons (Fsp3) is 0.955. The van der Waals surface area contributed by atoms with Crippen LogP contribution in [0.2, 0.25) is 0 Å². The highest BCUT2D eigenvalue weighted by atomic mass is 35.5. The van der Waals surface area contributed by atoms with E-state index in [0.29, 0.717) is 18.8 Å². The number of alkyl halides is 1. The van der Waals surface area contributed by atoms with E-state index in [2.05, 4.69) is 12.2 Å². The summed E-state index contributed by atoms with van der Waals surface area (Å²) < 4.78 is 0. The summed E-state index contributed by atoms with van der Waals surface area (Å²) in [6.07, 6.45) is 24.0. The minimum atomic E-state index is 0.154. The quantitative estimate of drug-likeness (QED) is 0.175. The topological polar surface area (TPSA) is 29.1 Å². The van der Waals surface area contributed by atoms with E-state index in [0.717, 1.165) is 6.42 Å². The predicted molar refractivity (Wildman–Crippen MR) is 113 cm³/mol. The Morgan fingerprint density at radius 3 is 1.36 bits per heavy atom. The Morgan fingerprint density at radius 2 is 1.00 bits per heavy atom. The fourth-order valence-electron chi connectivity index (χ4n) is 3.29. The van der Waals surface area contributed by atoms with Crippen LogP contribution in [0.4, 0.5) is 0 Å². The smallest absolute Gasteiger partial charge is 0.220 e. The number of amides is 1. The lowest BCUT2D eigenvalue weighted by Gasteiger charge is -2.04. The molecule has 0 saturated heterocycles. The lowest BCUT2D eigenvalue weighted by atomic mass is 10.0. The second-order valence-electron chi connectivity index (χ2n) is 7.45. The van der Waals surface area contributed by atoms with Gasteiger partial charge in [-0.2, -0.15) is 0 Å². The lowest BCUT2D eigenvalue weighted by molar-refractivity contribution is -0.121. The molecule has 0 rings (SSSR count). The van der Waals surface area contributed by atoms with Crippen LogP contribution in [0.3, 0.4) is 0 Å². The summed E-state index contributed by atoms with van der Waals surface area (Å²) in [5.41, 5.74) is 0. The van der Waals surface area contributed by atoms with Crippen LogP contribution in [0.25, 0.3) is 0 Å². The average molecular weight is 374 g/mol. The number of nitrogens with one attached hydrogen (secondary N) is 1. The Morgan fingerprint density at radius 1 is 0.640 bits per heavy atom. The van der Waals surface area contributed by atoms with Crippen molar-refractivity contribution in [2.24, 2.45) is 0 Å². The first kappa shape index (κ1) is 24.8. The molecule has 150 valence electrons. The number of unbranched alkanes of at least 4 members (excludes halogenated alkanes) is 16. The Hall–Kier alpha value is -0.240. The first-order valence-corrected chi connectivity index (χ1v) is 11.7. The Kier molecular flexibility index (Phi) is 21.6. The van der Waals surface area contributed by atoms with Gasteiger partial charge in [0, 0.05) is 18.8 Å². The summed E-state index contributed by atoms with van der Waals surface area (Å²) in [5.74, 6) is 0.659. The first-order valence-electron chi connectivity index (χ1n) is 11.1. The van der Waals surface area contributed by atoms with Crippen molar-refractivity contribution in [3.63, 3.8) is 0 Å². The molecule has 0 aromatic heterocycles. The van der Waals surface area contributed by atoms with Gasteiger partial charge < -0.3 is 5.32 Å². The molecule has 25 heavy (non-hydrogen) atoms. The van der Waals surface area contributed by atoms with Gasteiger partial charge in [0.1, 0.15) is 0 Å². The molecule has 0 fully saturated rings. The maximum Gasteiger partial charge on any atom is 0.220 e. The van der Waals surface area contributed by atoms with E-state index in [1.54, 1.807) is 0 Å². The van der Waals surface area contributed by atoms with E-state index in [9.17, 15) is 4.79 Å². The highest BCUT2D eigenvalue weighted by Crippen LogP contribution is 2.14. The van der Waals surface area contributed by atoms with Crippen LogP contribution in [0, 0.1) is 0 Å². The van der Waals surface area contributed by atoms with Crippen LogP contribution < -0.4 is 5.32 Å². The van der Waals surface area contributed by atoms with E-state index in [1.165, 1.54) is 103 Å². The first-order chi connectivity index (χ1) is 12.3. The monoisotopic (exact) mass is 373 g/mol. The largest absolute Gasteiger partial charge is 0.355 e. The zero-order valence-corrected chi connectivity index (χ0v) is 17.7. The molecule has 0 radical (unpaired) electrons. The van der Waals surface area contributed by atoms with E-state index in [4.69, 9.17) is 11.6 Å². The van der Waals surface area contributed by atoms with Crippen molar-refractivity contribution in [1.82, 2.24) is 5.32 Å². The number of carbonyl (C=O) groups excluding carboxylic acids is 1. The molecule has 0 unspecified atom stereocenters. The number of hydrogen-bond donors (Lipinski definition) is 1. The van der Waals surface area contributed by atoms with Crippen molar-refractivity contribution in [2.45, 2.75) is 122 Å². The predicted octanol–water partition coefficient (Wildman–Crippen LogP) is 7.38. The maximum atomic E-state index is 11.4. The van der Waals surface area contributed by atoms with Crippen LogP contribution >= 0.6 is 11.6 Å². The summed E-state index contributed by atoms with van der Waals surface area (Å²) in [5, 5.41) is 2.82. The number of rotatable bonds is 20. The van der Waals surface area contributed by atoms with Crippen molar-refractivity contribution in [1.29, 1.82) is 0 Å². The van der Waals surface area contributed by atoms with Gasteiger partial charge in [-0.3, -0.25) is 4.79 Å². The van der Waals surface area contributed by atoms with Gasteiger partial charge in [0.25, 0.3) is 0 Å². The molecular weight excluding hydrogens is 330 g/mol. The number of carbonyl (C=O) groups is 1. The molecule has 0 aliphatic carbocycles. The van der Waals surface area contributed by atoms with Crippen molar-refractivity contribution in [2.75, 3.05) is 12.4 Å². The molecule has 0 aliphatic heterocycles. The third-order valence-corrected chi connectivity index (χ3v) is 5.11. The van der Waals surface area contributed by atoms with Crippen LogP contribution in [0.5, 0.6) is 0 Å². The highest BCUT2D eigenvalue weighted by molar-refractivity contribution is 6.18. The van der Waals surface area contributed by atoms with Gasteiger partial charge in [0.15, 0.2) is 0 Å². The molecule has 0 aliphatic rings. The van der Waals surface area contributed by atoms with E-state index in [1.807, 2.05) is 0 Å². The number of hydrogen-bond acceptors (Lipinski definition) is 1. The number of halogens is 1. The van der Waals surface area contributed by atoms with E-state index < -0.39 is 0 Å². The molecule has 2 nitrogen and oxygen atoms in total. The molecule has 0 atom stereocenters. The third-order valence-electron chi connectivity index (χ3n) is 4.92. The van der Waals surface area contributed by atoms with E-state index >= 15 is 0 Å². The van der Waals surface area contributed by atoms with Gasteiger partial charge in [0.2, 0.25) is 5.91 Å². The van der Waals surface area contributed by atoms with Crippen LogP contribution in [0.1, 0.15) is 122 Å². The minimum Gasteiger partial charge on any atom is -0.355 e. The molecule has 0 heterocycles. The maximum absolute atomic E-state index is 11.4. The average Bonchev–Trinajstić information content (AvgIpc) is 2.62. The van der Waals surface area contributed by atoms with Gasteiger partial charge in [0.05, 0.1) is 0 Å². The summed E-state index contributed by atoms with van der Waals surface area (Å²) in [7, 11) is 0. The molecule has 1 N–H and O–H groups in total. The molecule has 0 spiro atoms. The highest BCUT2D eigenvalue weighted by Gasteiger charge is 1.99. The van der Waals surface area contributed by atoms with Gasteiger partial charge >= 0.3 is 0 Å². The lowest BCUT2D eigenvalue weighted by Crippen LogP contribution is -2.24. The van der Waals surface area contributed by atoms with Crippen LogP contribution in [0.15, 0.2) is 0 Å². The van der Waals surface area contributed by atoms with Gasteiger partial charge in [-0.1, -0.05) is 110 Å². The zero-order chi connectivity index (χ0) is 18.4. The van der Waals surface area contributed by atoms with Gasteiger partial charge in [-0.25, -0.2) is 0 Å². The van der Waals surface area contributed by atoms with Gasteiger partial charge in [-0.15, -0.1) is 11.6 Å². The SMILES string of the molecule is CCCCCCCCCCCCCCCCCCCC(=O)NCCCl. The van der Waals surface area contributed by atoms with Gasteiger partial charge in [-0.05, 0) is 6.42 Å². The van der Waals surface area contributed by atoms with Crippen molar-refractivity contribution in [3.05, 3.63) is 0 Å². The fourth-order valence-corrected chi connectivity index (χ4v) is 3.38. The second kappa shape index (κ2) is 21.8. The molecule has 0 saturated carbocycles. The van der Waals surface area contributed by atoms with Crippen molar-refractivity contribution >= 4 is 17.5 Å².